The van der Waals surface area contributed by atoms with E-state index >= 15 is 0 Å². The molecule has 6 heteroatoms. The Labute approximate surface area is 108 Å². The summed E-state index contributed by atoms with van der Waals surface area (Å²) < 4.78 is 0.772. The second kappa shape index (κ2) is 7.17. The highest BCUT2D eigenvalue weighted by Gasteiger charge is 2.04. The minimum absolute atomic E-state index is 0.0476. The minimum atomic E-state index is -0.495. The van der Waals surface area contributed by atoms with E-state index in [1.165, 1.54) is 28.0 Å². The van der Waals surface area contributed by atoms with Gasteiger partial charge in [0.05, 0.1) is 16.2 Å². The monoisotopic (exact) mass is 279 g/mol. The van der Waals surface area contributed by atoms with Crippen LogP contribution in [0.2, 0.25) is 4.34 Å². The van der Waals surface area contributed by atoms with E-state index in [2.05, 4.69) is 5.32 Å². The number of aliphatic hydroxyl groups is 1. The summed E-state index contributed by atoms with van der Waals surface area (Å²) in [5, 5.41) is 11.6. The van der Waals surface area contributed by atoms with Gasteiger partial charge in [-0.3, -0.25) is 4.79 Å². The second-order valence-corrected chi connectivity index (χ2v) is 6.14. The highest BCUT2D eigenvalue weighted by molar-refractivity contribution is 7.99. The molecule has 16 heavy (non-hydrogen) atoms. The normalized spacial score (nSPS) is 12.4. The molecule has 0 spiro atoms. The standard InChI is InChI=1S/C10H14ClNO2S2/c1-7(13)4-12-10(14)6-15-5-8-2-3-9(11)16-8/h2-3,7,13H,4-6H2,1H3,(H,12,14)/t7-/m0/s1. The lowest BCUT2D eigenvalue weighted by Gasteiger charge is -2.06. The summed E-state index contributed by atoms with van der Waals surface area (Å²) in [6.45, 7) is 1.95. The first-order chi connectivity index (χ1) is 7.58. The minimum Gasteiger partial charge on any atom is -0.392 e. The van der Waals surface area contributed by atoms with Gasteiger partial charge in [0.25, 0.3) is 0 Å². The van der Waals surface area contributed by atoms with Crippen molar-refractivity contribution < 1.29 is 9.90 Å². The maximum atomic E-state index is 11.3. The lowest BCUT2D eigenvalue weighted by atomic mass is 10.4. The molecule has 1 atom stereocenters. The SMILES string of the molecule is C[C@H](O)CNC(=O)CSCc1ccc(Cl)s1. The van der Waals surface area contributed by atoms with E-state index in [-0.39, 0.29) is 5.91 Å². The van der Waals surface area contributed by atoms with Crippen LogP contribution < -0.4 is 5.32 Å². The summed E-state index contributed by atoms with van der Waals surface area (Å²) in [6.07, 6.45) is -0.495. The number of nitrogens with one attached hydrogen (secondary N) is 1. The van der Waals surface area contributed by atoms with E-state index in [4.69, 9.17) is 16.7 Å². The van der Waals surface area contributed by atoms with Gasteiger partial charge >= 0.3 is 0 Å². The number of hydrogen-bond donors (Lipinski definition) is 2. The van der Waals surface area contributed by atoms with E-state index in [0.29, 0.717) is 12.3 Å². The molecule has 0 radical (unpaired) electrons. The number of carbonyl (C=O) groups is 1. The van der Waals surface area contributed by atoms with E-state index in [1.807, 2.05) is 12.1 Å². The summed E-state index contributed by atoms with van der Waals surface area (Å²) in [7, 11) is 0. The molecule has 3 nitrogen and oxygen atoms in total. The molecule has 1 amide bonds. The third kappa shape index (κ3) is 5.75. The molecule has 2 N–H and O–H groups in total. The van der Waals surface area contributed by atoms with Gasteiger partial charge in [0, 0.05) is 17.2 Å². The second-order valence-electron chi connectivity index (χ2n) is 3.35. The zero-order valence-electron chi connectivity index (χ0n) is 8.90. The molecule has 0 bridgehead atoms. The predicted molar refractivity (Wildman–Crippen MR) is 70.2 cm³/mol. The number of aliphatic hydroxyl groups excluding tert-OH is 1. The van der Waals surface area contributed by atoms with Gasteiger partial charge in [-0.25, -0.2) is 0 Å². The van der Waals surface area contributed by atoms with E-state index in [0.717, 1.165) is 10.1 Å². The van der Waals surface area contributed by atoms with Gasteiger partial charge in [-0.05, 0) is 19.1 Å². The molecule has 1 heterocycles. The maximum Gasteiger partial charge on any atom is 0.230 e. The Morgan fingerprint density at radius 2 is 2.44 bits per heavy atom. The van der Waals surface area contributed by atoms with Gasteiger partial charge in [-0.2, -0.15) is 0 Å². The van der Waals surface area contributed by atoms with Crippen LogP contribution in [0.1, 0.15) is 11.8 Å². The lowest BCUT2D eigenvalue weighted by molar-refractivity contribution is -0.118. The van der Waals surface area contributed by atoms with E-state index in [1.54, 1.807) is 6.92 Å². The van der Waals surface area contributed by atoms with Crippen molar-refractivity contribution in [2.75, 3.05) is 12.3 Å². The molecule has 0 fully saturated rings. The van der Waals surface area contributed by atoms with Gasteiger partial charge in [0.1, 0.15) is 0 Å². The molecule has 0 saturated carbocycles. The maximum absolute atomic E-state index is 11.3. The molecule has 0 aliphatic rings. The van der Waals surface area contributed by atoms with Crippen molar-refractivity contribution in [3.05, 3.63) is 21.3 Å². The molecule has 0 aliphatic carbocycles. The van der Waals surface area contributed by atoms with Crippen molar-refractivity contribution in [2.45, 2.75) is 18.8 Å². The predicted octanol–water partition coefficient (Wildman–Crippen LogP) is 2.13. The van der Waals surface area contributed by atoms with Crippen LogP contribution in [0, 0.1) is 0 Å². The Hall–Kier alpha value is -0.230. The summed E-state index contributed by atoms with van der Waals surface area (Å²) in [6, 6.07) is 3.82. The van der Waals surface area contributed by atoms with Crippen molar-refractivity contribution >= 4 is 40.6 Å². The zero-order chi connectivity index (χ0) is 12.0. The number of thioether (sulfide) groups is 1. The van der Waals surface area contributed by atoms with Crippen LogP contribution in [0.3, 0.4) is 0 Å². The zero-order valence-corrected chi connectivity index (χ0v) is 11.3. The molecule has 0 aliphatic heterocycles. The molecule has 90 valence electrons. The first kappa shape index (κ1) is 13.8. The largest absolute Gasteiger partial charge is 0.392 e. The third-order valence-corrected chi connectivity index (χ3v) is 4.10. The van der Waals surface area contributed by atoms with Gasteiger partial charge in [-0.15, -0.1) is 23.1 Å². The van der Waals surface area contributed by atoms with Crippen molar-refractivity contribution in [3.8, 4) is 0 Å². The fourth-order valence-corrected chi connectivity index (χ4v) is 3.04. The molecular formula is C10H14ClNO2S2. The highest BCUT2D eigenvalue weighted by Crippen LogP contribution is 2.24. The Morgan fingerprint density at radius 3 is 3.00 bits per heavy atom. The lowest BCUT2D eigenvalue weighted by Crippen LogP contribution is -2.31. The number of halogens is 1. The van der Waals surface area contributed by atoms with Crippen LogP contribution in [0.25, 0.3) is 0 Å². The fraction of sp³-hybridized carbons (Fsp3) is 0.500. The Bertz CT molecular complexity index is 341. The van der Waals surface area contributed by atoms with Crippen molar-refractivity contribution in [1.82, 2.24) is 5.32 Å². The number of thiophene rings is 1. The van der Waals surface area contributed by atoms with Crippen LogP contribution in [0.15, 0.2) is 12.1 Å². The van der Waals surface area contributed by atoms with Crippen molar-refractivity contribution in [2.24, 2.45) is 0 Å². The average molecular weight is 280 g/mol. The highest BCUT2D eigenvalue weighted by atomic mass is 35.5. The van der Waals surface area contributed by atoms with Gasteiger partial charge in [0.2, 0.25) is 5.91 Å². The topological polar surface area (TPSA) is 49.3 Å². The molecule has 0 saturated heterocycles. The molecule has 1 rings (SSSR count). The average Bonchev–Trinajstić information content (AvgIpc) is 2.61. The van der Waals surface area contributed by atoms with E-state index < -0.39 is 6.10 Å². The van der Waals surface area contributed by atoms with Crippen molar-refractivity contribution in [1.29, 1.82) is 0 Å². The Morgan fingerprint density at radius 1 is 1.69 bits per heavy atom. The fourth-order valence-electron chi connectivity index (χ4n) is 0.986. The summed E-state index contributed by atoms with van der Waals surface area (Å²) >= 11 is 8.86. The van der Waals surface area contributed by atoms with Crippen LogP contribution in [0.4, 0.5) is 0 Å². The van der Waals surface area contributed by atoms with Crippen LogP contribution in [0.5, 0.6) is 0 Å². The Kier molecular flexibility index (Phi) is 6.20. The van der Waals surface area contributed by atoms with Gasteiger partial charge in [0.15, 0.2) is 0 Å². The van der Waals surface area contributed by atoms with E-state index in [9.17, 15) is 4.79 Å². The summed E-state index contributed by atoms with van der Waals surface area (Å²) in [5.41, 5.74) is 0. The van der Waals surface area contributed by atoms with Crippen LogP contribution in [-0.2, 0) is 10.5 Å². The number of carbonyl (C=O) groups excluding carboxylic acids is 1. The quantitative estimate of drug-likeness (QED) is 0.839. The first-order valence-corrected chi connectivity index (χ1v) is 7.19. The smallest absolute Gasteiger partial charge is 0.230 e. The third-order valence-electron chi connectivity index (χ3n) is 1.70. The van der Waals surface area contributed by atoms with Gasteiger partial charge in [-0.1, -0.05) is 11.6 Å². The summed E-state index contributed by atoms with van der Waals surface area (Å²) in [4.78, 5) is 12.4. The molecule has 1 aromatic heterocycles. The number of rotatable bonds is 6. The Balaban J connectivity index is 2.13. The van der Waals surface area contributed by atoms with Crippen LogP contribution in [-0.4, -0.2) is 29.4 Å². The molecular weight excluding hydrogens is 266 g/mol. The van der Waals surface area contributed by atoms with Gasteiger partial charge < -0.3 is 10.4 Å². The van der Waals surface area contributed by atoms with Crippen molar-refractivity contribution in [3.63, 3.8) is 0 Å². The number of hydrogen-bond acceptors (Lipinski definition) is 4. The number of amides is 1. The van der Waals surface area contributed by atoms with Crippen LogP contribution >= 0.6 is 34.7 Å². The molecule has 1 aromatic rings. The first-order valence-electron chi connectivity index (χ1n) is 4.84. The summed E-state index contributed by atoms with van der Waals surface area (Å²) in [5.74, 6) is 1.15. The molecule has 0 unspecified atom stereocenters. The molecule has 0 aromatic carbocycles.